The van der Waals surface area contributed by atoms with E-state index in [9.17, 15) is 0 Å². The Morgan fingerprint density at radius 2 is 2.15 bits per heavy atom. The number of hydrogen-bond acceptors (Lipinski definition) is 1. The predicted molar refractivity (Wildman–Crippen MR) is 85.6 cm³/mol. The van der Waals surface area contributed by atoms with Gasteiger partial charge in [0.15, 0.2) is 0 Å². The summed E-state index contributed by atoms with van der Waals surface area (Å²) in [6.45, 7) is 4.70. The molecule has 1 aromatic carbocycles. The van der Waals surface area contributed by atoms with Gasteiger partial charge in [-0.05, 0) is 30.4 Å². The lowest BCUT2D eigenvalue weighted by Gasteiger charge is -2.40. The second kappa shape index (κ2) is 5.23. The Morgan fingerprint density at radius 1 is 1.35 bits per heavy atom. The molecule has 0 radical (unpaired) electrons. The van der Waals surface area contributed by atoms with E-state index in [0.29, 0.717) is 16.9 Å². The third-order valence-corrected chi connectivity index (χ3v) is 5.17. The molecule has 1 aromatic heterocycles. The van der Waals surface area contributed by atoms with E-state index in [1.54, 1.807) is 0 Å². The van der Waals surface area contributed by atoms with Crippen molar-refractivity contribution in [3.63, 3.8) is 0 Å². The van der Waals surface area contributed by atoms with Crippen molar-refractivity contribution in [1.29, 1.82) is 0 Å². The Kier molecular flexibility index (Phi) is 3.72. The second-order valence-corrected chi connectivity index (χ2v) is 7.06. The first kappa shape index (κ1) is 14.2. The zero-order valence-corrected chi connectivity index (χ0v) is 13.5. The highest BCUT2D eigenvalue weighted by Gasteiger charge is 2.35. The van der Waals surface area contributed by atoms with Crippen molar-refractivity contribution in [1.82, 2.24) is 9.55 Å². The van der Waals surface area contributed by atoms with Gasteiger partial charge in [-0.1, -0.05) is 44.4 Å². The lowest BCUT2D eigenvalue weighted by atomic mass is 9.73. The zero-order valence-electron chi connectivity index (χ0n) is 12.0. The number of nitrogens with zero attached hydrogens (tertiary/aromatic N) is 2. The number of hydrogen-bond donors (Lipinski definition) is 0. The van der Waals surface area contributed by atoms with Crippen LogP contribution in [0.1, 0.15) is 51.4 Å². The molecule has 1 aliphatic rings. The number of halogens is 2. The Labute approximate surface area is 130 Å². The van der Waals surface area contributed by atoms with E-state index >= 15 is 0 Å². The average molecular weight is 311 g/mol. The average Bonchev–Trinajstić information content (AvgIpc) is 2.78. The topological polar surface area (TPSA) is 17.8 Å². The van der Waals surface area contributed by atoms with Gasteiger partial charge in [0, 0.05) is 6.04 Å². The monoisotopic (exact) mass is 310 g/mol. The van der Waals surface area contributed by atoms with E-state index in [2.05, 4.69) is 29.5 Å². The van der Waals surface area contributed by atoms with Gasteiger partial charge in [0.2, 0.25) is 0 Å². The van der Waals surface area contributed by atoms with Crippen molar-refractivity contribution in [2.24, 2.45) is 5.41 Å². The minimum atomic E-state index is 0.273. The van der Waals surface area contributed by atoms with Gasteiger partial charge in [0.1, 0.15) is 11.3 Å². The van der Waals surface area contributed by atoms with Gasteiger partial charge in [0.05, 0.1) is 16.4 Å². The maximum Gasteiger partial charge on any atom is 0.125 e. The van der Waals surface area contributed by atoms with Crippen molar-refractivity contribution in [2.45, 2.75) is 51.5 Å². The molecule has 0 bridgehead atoms. The van der Waals surface area contributed by atoms with Crippen LogP contribution >= 0.6 is 23.2 Å². The summed E-state index contributed by atoms with van der Waals surface area (Å²) in [6, 6.07) is 6.45. The van der Waals surface area contributed by atoms with Crippen LogP contribution in [-0.2, 0) is 5.88 Å². The number of fused-ring (bicyclic) bond motifs is 1. The van der Waals surface area contributed by atoms with E-state index in [0.717, 1.165) is 16.9 Å². The highest BCUT2D eigenvalue weighted by Crippen LogP contribution is 2.46. The Morgan fingerprint density at radius 3 is 2.85 bits per heavy atom. The van der Waals surface area contributed by atoms with Crippen LogP contribution in [0.4, 0.5) is 0 Å². The number of imidazole rings is 1. The molecule has 0 aliphatic heterocycles. The minimum Gasteiger partial charge on any atom is -0.323 e. The lowest BCUT2D eigenvalue weighted by Crippen LogP contribution is -2.31. The molecule has 2 nitrogen and oxygen atoms in total. The minimum absolute atomic E-state index is 0.273. The fraction of sp³-hybridized carbons (Fsp3) is 0.562. The van der Waals surface area contributed by atoms with E-state index in [1.807, 2.05) is 12.1 Å². The van der Waals surface area contributed by atoms with Crippen molar-refractivity contribution in [2.75, 3.05) is 0 Å². The molecule has 1 atom stereocenters. The largest absolute Gasteiger partial charge is 0.323 e. The molecule has 20 heavy (non-hydrogen) atoms. The van der Waals surface area contributed by atoms with Crippen molar-refractivity contribution >= 4 is 34.2 Å². The van der Waals surface area contributed by atoms with E-state index in [-0.39, 0.29) is 5.41 Å². The van der Waals surface area contributed by atoms with Gasteiger partial charge < -0.3 is 4.57 Å². The molecular weight excluding hydrogens is 291 g/mol. The first-order valence-corrected chi connectivity index (χ1v) is 8.17. The first-order valence-electron chi connectivity index (χ1n) is 7.26. The van der Waals surface area contributed by atoms with Gasteiger partial charge in [-0.25, -0.2) is 4.98 Å². The standard InChI is InChI=1S/C16H20Cl2N2/c1-16(2)9-4-3-8-13(16)20-12-7-5-6-11(18)15(12)19-14(20)10-17/h5-7,13H,3-4,8-10H2,1-2H3. The summed E-state index contributed by atoms with van der Waals surface area (Å²) in [4.78, 5) is 4.67. The molecule has 0 amide bonds. The molecule has 2 aromatic rings. The number of para-hydroxylation sites is 1. The summed E-state index contributed by atoms with van der Waals surface area (Å²) < 4.78 is 2.34. The third kappa shape index (κ3) is 2.23. The number of alkyl halides is 1. The first-order chi connectivity index (χ1) is 9.54. The normalized spacial score (nSPS) is 22.3. The number of aromatic nitrogens is 2. The van der Waals surface area contributed by atoms with E-state index < -0.39 is 0 Å². The summed E-state index contributed by atoms with van der Waals surface area (Å²) in [5.41, 5.74) is 2.27. The number of rotatable bonds is 2. The Bertz CT molecular complexity index is 631. The predicted octanol–water partition coefficient (Wildman–Crippen LogP) is 5.57. The van der Waals surface area contributed by atoms with Crippen LogP contribution in [0.25, 0.3) is 11.0 Å². The van der Waals surface area contributed by atoms with E-state index in [4.69, 9.17) is 23.2 Å². The summed E-state index contributed by atoms with van der Waals surface area (Å²) in [5, 5.41) is 0.709. The van der Waals surface area contributed by atoms with Gasteiger partial charge in [-0.3, -0.25) is 0 Å². The fourth-order valence-corrected chi connectivity index (χ4v) is 3.93. The molecule has 1 heterocycles. The third-order valence-electron chi connectivity index (χ3n) is 4.63. The van der Waals surface area contributed by atoms with Crippen LogP contribution in [0.2, 0.25) is 5.02 Å². The molecule has 3 rings (SSSR count). The SMILES string of the molecule is CC1(C)CCCCC1n1c(CCl)nc2c(Cl)cccc21. The molecular formula is C16H20Cl2N2. The van der Waals surface area contributed by atoms with Crippen LogP contribution in [0.5, 0.6) is 0 Å². The Hall–Kier alpha value is -0.730. The molecule has 1 saturated carbocycles. The summed E-state index contributed by atoms with van der Waals surface area (Å²) >= 11 is 12.4. The summed E-state index contributed by atoms with van der Waals surface area (Å²) in [6.07, 6.45) is 5.03. The molecule has 0 saturated heterocycles. The van der Waals surface area contributed by atoms with Gasteiger partial charge in [-0.15, -0.1) is 11.6 Å². The second-order valence-electron chi connectivity index (χ2n) is 6.39. The summed E-state index contributed by atoms with van der Waals surface area (Å²) in [5.74, 6) is 1.37. The molecule has 1 aliphatic carbocycles. The van der Waals surface area contributed by atoms with Gasteiger partial charge in [-0.2, -0.15) is 0 Å². The quantitative estimate of drug-likeness (QED) is 0.663. The molecule has 1 fully saturated rings. The van der Waals surface area contributed by atoms with Gasteiger partial charge in [0.25, 0.3) is 0 Å². The highest BCUT2D eigenvalue weighted by molar-refractivity contribution is 6.35. The van der Waals surface area contributed by atoms with Crippen LogP contribution in [0.15, 0.2) is 18.2 Å². The van der Waals surface area contributed by atoms with E-state index in [1.165, 1.54) is 25.7 Å². The molecule has 108 valence electrons. The Balaban J connectivity index is 2.21. The highest BCUT2D eigenvalue weighted by atomic mass is 35.5. The van der Waals surface area contributed by atoms with Crippen LogP contribution in [0.3, 0.4) is 0 Å². The van der Waals surface area contributed by atoms with Crippen LogP contribution in [0, 0.1) is 5.41 Å². The van der Waals surface area contributed by atoms with Gasteiger partial charge >= 0.3 is 0 Å². The van der Waals surface area contributed by atoms with Crippen molar-refractivity contribution < 1.29 is 0 Å². The molecule has 0 spiro atoms. The maximum absolute atomic E-state index is 6.29. The van der Waals surface area contributed by atoms with Crippen LogP contribution < -0.4 is 0 Å². The summed E-state index contributed by atoms with van der Waals surface area (Å²) in [7, 11) is 0. The lowest BCUT2D eigenvalue weighted by molar-refractivity contribution is 0.145. The number of benzene rings is 1. The zero-order chi connectivity index (χ0) is 14.3. The molecule has 1 unspecified atom stereocenters. The smallest absolute Gasteiger partial charge is 0.125 e. The van der Waals surface area contributed by atoms with Crippen LogP contribution in [-0.4, -0.2) is 9.55 Å². The molecule has 4 heteroatoms. The van der Waals surface area contributed by atoms with Crippen molar-refractivity contribution in [3.05, 3.63) is 29.0 Å². The van der Waals surface area contributed by atoms with Crippen molar-refractivity contribution in [3.8, 4) is 0 Å². The fourth-order valence-electron chi connectivity index (χ4n) is 3.53. The maximum atomic E-state index is 6.29. The molecule has 0 N–H and O–H groups in total.